The van der Waals surface area contributed by atoms with Gasteiger partial charge in [0.25, 0.3) is 0 Å². The van der Waals surface area contributed by atoms with Crippen LogP contribution in [0, 0.1) is 0 Å². The van der Waals surface area contributed by atoms with Crippen LogP contribution in [0.5, 0.6) is 0 Å². The maximum absolute atomic E-state index is 8.90. The fraction of sp³-hybridized carbons (Fsp3) is 1.00. The SMILES string of the molecule is O[C@@H]1COCOC[C@@H]1O. The third kappa shape index (κ3) is 1.91. The van der Waals surface area contributed by atoms with E-state index in [1.54, 1.807) is 0 Å². The summed E-state index contributed by atoms with van der Waals surface area (Å²) in [6.45, 7) is 0.469. The Morgan fingerprint density at radius 1 is 1.00 bits per heavy atom. The zero-order chi connectivity index (χ0) is 6.69. The predicted octanol–water partition coefficient (Wildman–Crippen LogP) is -1.29. The monoisotopic (exact) mass is 134 g/mol. The molecule has 2 N–H and O–H groups in total. The smallest absolute Gasteiger partial charge is 0.146 e. The van der Waals surface area contributed by atoms with E-state index in [1.807, 2.05) is 0 Å². The summed E-state index contributed by atoms with van der Waals surface area (Å²) in [4.78, 5) is 0. The van der Waals surface area contributed by atoms with Crippen molar-refractivity contribution in [2.24, 2.45) is 0 Å². The molecule has 0 aromatic heterocycles. The molecule has 4 heteroatoms. The quantitative estimate of drug-likeness (QED) is 0.433. The molecule has 0 saturated carbocycles. The van der Waals surface area contributed by atoms with Gasteiger partial charge in [-0.2, -0.15) is 0 Å². The van der Waals surface area contributed by atoms with Gasteiger partial charge in [0.1, 0.15) is 19.0 Å². The summed E-state index contributed by atoms with van der Waals surface area (Å²) in [5.74, 6) is 0. The Bertz CT molecular complexity index is 75.0. The van der Waals surface area contributed by atoms with Crippen LogP contribution in [-0.4, -0.2) is 42.4 Å². The molecule has 1 fully saturated rings. The van der Waals surface area contributed by atoms with Gasteiger partial charge in [-0.25, -0.2) is 0 Å². The molecule has 0 aliphatic carbocycles. The highest BCUT2D eigenvalue weighted by molar-refractivity contribution is 4.66. The van der Waals surface area contributed by atoms with Gasteiger partial charge in [-0.3, -0.25) is 0 Å². The second kappa shape index (κ2) is 3.12. The molecule has 1 rings (SSSR count). The summed E-state index contributed by atoms with van der Waals surface area (Å²) < 4.78 is 9.49. The molecule has 0 bridgehead atoms. The van der Waals surface area contributed by atoms with Crippen molar-refractivity contribution in [1.29, 1.82) is 0 Å². The van der Waals surface area contributed by atoms with Crippen molar-refractivity contribution in [3.05, 3.63) is 0 Å². The molecule has 0 radical (unpaired) electrons. The van der Waals surface area contributed by atoms with E-state index in [0.717, 1.165) is 0 Å². The van der Waals surface area contributed by atoms with E-state index < -0.39 is 12.2 Å². The van der Waals surface area contributed by atoms with Gasteiger partial charge in [-0.05, 0) is 0 Å². The maximum atomic E-state index is 8.90. The number of rotatable bonds is 0. The van der Waals surface area contributed by atoms with E-state index in [0.29, 0.717) is 0 Å². The molecule has 0 aromatic rings. The minimum atomic E-state index is -0.799. The summed E-state index contributed by atoms with van der Waals surface area (Å²) in [5.41, 5.74) is 0. The molecule has 4 nitrogen and oxygen atoms in total. The zero-order valence-corrected chi connectivity index (χ0v) is 4.99. The zero-order valence-electron chi connectivity index (χ0n) is 4.99. The van der Waals surface area contributed by atoms with E-state index in [1.165, 1.54) is 0 Å². The molecule has 0 unspecified atom stereocenters. The minimum absolute atomic E-state index is 0.154. The molecule has 9 heavy (non-hydrogen) atoms. The van der Waals surface area contributed by atoms with Gasteiger partial charge in [0, 0.05) is 0 Å². The highest BCUT2D eigenvalue weighted by Gasteiger charge is 2.19. The molecule has 54 valence electrons. The Morgan fingerprint density at radius 2 is 1.44 bits per heavy atom. The molecule has 0 aromatic carbocycles. The fourth-order valence-electron chi connectivity index (χ4n) is 0.619. The first kappa shape index (κ1) is 6.95. The molecule has 1 aliphatic rings. The number of aliphatic hydroxyl groups excluding tert-OH is 2. The van der Waals surface area contributed by atoms with Crippen molar-refractivity contribution in [3.63, 3.8) is 0 Å². The van der Waals surface area contributed by atoms with E-state index in [2.05, 4.69) is 0 Å². The number of hydrogen-bond acceptors (Lipinski definition) is 4. The van der Waals surface area contributed by atoms with Crippen LogP contribution in [0.2, 0.25) is 0 Å². The number of ether oxygens (including phenoxy) is 2. The average molecular weight is 134 g/mol. The van der Waals surface area contributed by atoms with Crippen LogP contribution in [0.1, 0.15) is 0 Å². The third-order valence-electron chi connectivity index (χ3n) is 1.19. The van der Waals surface area contributed by atoms with E-state index in [9.17, 15) is 0 Å². The Hall–Kier alpha value is -0.160. The van der Waals surface area contributed by atoms with Crippen molar-refractivity contribution < 1.29 is 19.7 Å². The summed E-state index contributed by atoms with van der Waals surface area (Å²) in [5, 5.41) is 17.8. The first-order valence-corrected chi connectivity index (χ1v) is 2.82. The molecule has 0 amide bonds. The van der Waals surface area contributed by atoms with Crippen LogP contribution in [0.25, 0.3) is 0 Å². The molecule has 1 heterocycles. The van der Waals surface area contributed by atoms with E-state index in [4.69, 9.17) is 19.7 Å². The lowest BCUT2D eigenvalue weighted by Crippen LogP contribution is -2.30. The van der Waals surface area contributed by atoms with Gasteiger partial charge >= 0.3 is 0 Å². The van der Waals surface area contributed by atoms with Gasteiger partial charge in [-0.15, -0.1) is 0 Å². The van der Waals surface area contributed by atoms with Crippen LogP contribution in [0.15, 0.2) is 0 Å². The molecule has 2 atom stereocenters. The first-order valence-electron chi connectivity index (χ1n) is 2.82. The van der Waals surface area contributed by atoms with Crippen molar-refractivity contribution in [2.75, 3.05) is 20.0 Å². The van der Waals surface area contributed by atoms with Crippen LogP contribution in [0.3, 0.4) is 0 Å². The third-order valence-corrected chi connectivity index (χ3v) is 1.19. The summed E-state index contributed by atoms with van der Waals surface area (Å²) >= 11 is 0. The molecule has 1 aliphatic heterocycles. The topological polar surface area (TPSA) is 58.9 Å². The van der Waals surface area contributed by atoms with Gasteiger partial charge in [-0.1, -0.05) is 0 Å². The van der Waals surface area contributed by atoms with E-state index >= 15 is 0 Å². The van der Waals surface area contributed by atoms with Crippen LogP contribution in [0.4, 0.5) is 0 Å². The van der Waals surface area contributed by atoms with Gasteiger partial charge in [0.2, 0.25) is 0 Å². The highest BCUT2D eigenvalue weighted by Crippen LogP contribution is 2.00. The lowest BCUT2D eigenvalue weighted by molar-refractivity contribution is -0.0433. The average Bonchev–Trinajstić information content (AvgIpc) is 1.99. The Morgan fingerprint density at radius 3 is 1.89 bits per heavy atom. The van der Waals surface area contributed by atoms with Gasteiger partial charge in [0.15, 0.2) is 0 Å². The maximum Gasteiger partial charge on any atom is 0.146 e. The summed E-state index contributed by atoms with van der Waals surface area (Å²) in [6.07, 6.45) is -1.60. The molecule has 1 saturated heterocycles. The van der Waals surface area contributed by atoms with E-state index in [-0.39, 0.29) is 20.0 Å². The van der Waals surface area contributed by atoms with Gasteiger partial charge in [0.05, 0.1) is 13.2 Å². The van der Waals surface area contributed by atoms with Crippen molar-refractivity contribution in [2.45, 2.75) is 12.2 Å². The predicted molar refractivity (Wildman–Crippen MR) is 28.8 cm³/mol. The summed E-state index contributed by atoms with van der Waals surface area (Å²) in [6, 6.07) is 0. The molecule has 0 spiro atoms. The normalized spacial score (nSPS) is 38.0. The number of aliphatic hydroxyl groups is 2. The standard InChI is InChI=1S/C5H10O4/c6-4-1-8-3-9-2-5(4)7/h4-7H,1-3H2/t4-,5+. The van der Waals surface area contributed by atoms with Crippen molar-refractivity contribution in [3.8, 4) is 0 Å². The molecular weight excluding hydrogens is 124 g/mol. The first-order chi connectivity index (χ1) is 4.30. The summed E-state index contributed by atoms with van der Waals surface area (Å²) in [7, 11) is 0. The Balaban J connectivity index is 2.32. The largest absolute Gasteiger partial charge is 0.388 e. The lowest BCUT2D eigenvalue weighted by Gasteiger charge is -2.10. The molecular formula is C5H10O4. The minimum Gasteiger partial charge on any atom is -0.388 e. The van der Waals surface area contributed by atoms with Gasteiger partial charge < -0.3 is 19.7 Å². The Labute approximate surface area is 53.0 Å². The highest BCUT2D eigenvalue weighted by atomic mass is 16.7. The second-order valence-electron chi connectivity index (χ2n) is 1.99. The van der Waals surface area contributed by atoms with Crippen LogP contribution in [-0.2, 0) is 9.47 Å². The van der Waals surface area contributed by atoms with Crippen molar-refractivity contribution in [1.82, 2.24) is 0 Å². The number of hydrogen-bond donors (Lipinski definition) is 2. The second-order valence-corrected chi connectivity index (χ2v) is 1.99. The fourth-order valence-corrected chi connectivity index (χ4v) is 0.619. The lowest BCUT2D eigenvalue weighted by atomic mass is 10.2. The van der Waals surface area contributed by atoms with Crippen molar-refractivity contribution >= 4 is 0 Å². The van der Waals surface area contributed by atoms with Crippen LogP contribution >= 0.6 is 0 Å². The Kier molecular flexibility index (Phi) is 2.41. The van der Waals surface area contributed by atoms with Crippen LogP contribution < -0.4 is 0 Å².